The summed E-state index contributed by atoms with van der Waals surface area (Å²) in [6.45, 7) is 1.31. The van der Waals surface area contributed by atoms with E-state index in [0.717, 1.165) is 4.90 Å². The number of urea groups is 1. The molecule has 1 atom stereocenters. The van der Waals surface area contributed by atoms with Gasteiger partial charge in [-0.25, -0.2) is 9.59 Å². The number of carbonyl (C=O) groups excluding carboxylic acids is 5. The molecule has 35 heavy (non-hydrogen) atoms. The van der Waals surface area contributed by atoms with E-state index in [2.05, 4.69) is 10.6 Å². The molecule has 9 heteroatoms. The van der Waals surface area contributed by atoms with Gasteiger partial charge in [-0.2, -0.15) is 0 Å². The molecule has 3 aromatic carbocycles. The van der Waals surface area contributed by atoms with Crippen molar-refractivity contribution < 1.29 is 28.7 Å². The van der Waals surface area contributed by atoms with Crippen LogP contribution in [-0.2, 0) is 16.1 Å². The Morgan fingerprint density at radius 1 is 0.857 bits per heavy atom. The Balaban J connectivity index is 1.35. The highest BCUT2D eigenvalue weighted by Crippen LogP contribution is 2.24. The van der Waals surface area contributed by atoms with E-state index in [4.69, 9.17) is 4.74 Å². The van der Waals surface area contributed by atoms with Crippen LogP contribution in [0.15, 0.2) is 78.9 Å². The lowest BCUT2D eigenvalue weighted by atomic mass is 10.1. The molecule has 2 N–H and O–H groups in total. The van der Waals surface area contributed by atoms with Gasteiger partial charge in [0.25, 0.3) is 17.7 Å². The molecule has 1 aliphatic rings. The molecule has 4 rings (SSSR count). The number of imide groups is 2. The first-order chi connectivity index (χ1) is 16.8. The van der Waals surface area contributed by atoms with E-state index >= 15 is 0 Å². The zero-order valence-corrected chi connectivity index (χ0v) is 18.7. The summed E-state index contributed by atoms with van der Waals surface area (Å²) in [5.74, 6) is -2.40. The van der Waals surface area contributed by atoms with Gasteiger partial charge in [-0.3, -0.25) is 24.6 Å². The van der Waals surface area contributed by atoms with Crippen LogP contribution >= 0.6 is 0 Å². The molecule has 176 valence electrons. The zero-order chi connectivity index (χ0) is 24.9. The summed E-state index contributed by atoms with van der Waals surface area (Å²) in [6, 6.07) is 20.6. The maximum atomic E-state index is 12.6. The molecule has 0 fully saturated rings. The lowest BCUT2D eigenvalue weighted by Crippen LogP contribution is -2.41. The van der Waals surface area contributed by atoms with Gasteiger partial charge in [-0.05, 0) is 48.9 Å². The van der Waals surface area contributed by atoms with E-state index < -0.39 is 35.8 Å². The van der Waals surface area contributed by atoms with Gasteiger partial charge < -0.3 is 10.1 Å². The number of rotatable bonds is 6. The second-order valence-electron chi connectivity index (χ2n) is 7.80. The summed E-state index contributed by atoms with van der Waals surface area (Å²) in [5.41, 5.74) is 1.84. The molecular formula is C26H21N3O6. The fourth-order valence-electron chi connectivity index (χ4n) is 3.54. The molecule has 1 unspecified atom stereocenters. The number of hydrogen-bond donors (Lipinski definition) is 2. The molecule has 0 saturated carbocycles. The minimum absolute atomic E-state index is 0.0246. The Morgan fingerprint density at radius 3 is 2.14 bits per heavy atom. The number of hydrogen-bond acceptors (Lipinski definition) is 6. The summed E-state index contributed by atoms with van der Waals surface area (Å²) in [6.07, 6.45) is -1.25. The van der Waals surface area contributed by atoms with Gasteiger partial charge in [0, 0.05) is 5.69 Å². The minimum Gasteiger partial charge on any atom is -0.449 e. The van der Waals surface area contributed by atoms with Crippen LogP contribution in [-0.4, -0.2) is 40.7 Å². The standard InChI is InChI=1S/C26H21N3O6/c1-16(22(30)28-26(34)27-19-10-3-2-4-11-19)35-25(33)18-9-7-8-17(14-18)15-29-23(31)20-12-5-6-13-21(20)24(29)32/h2-14,16H,15H2,1H3,(H2,27,28,30,34). The van der Waals surface area contributed by atoms with Crippen molar-refractivity contribution in [2.45, 2.75) is 19.6 Å². The maximum Gasteiger partial charge on any atom is 0.338 e. The molecule has 1 heterocycles. The molecule has 5 amide bonds. The first-order valence-electron chi connectivity index (χ1n) is 10.8. The average molecular weight is 471 g/mol. The van der Waals surface area contributed by atoms with Gasteiger partial charge in [0.1, 0.15) is 0 Å². The van der Waals surface area contributed by atoms with Crippen molar-refractivity contribution in [3.8, 4) is 0 Å². The largest absolute Gasteiger partial charge is 0.449 e. The van der Waals surface area contributed by atoms with E-state index in [1.54, 1.807) is 66.7 Å². The third-order valence-electron chi connectivity index (χ3n) is 5.30. The molecule has 0 radical (unpaired) electrons. The van der Waals surface area contributed by atoms with Crippen LogP contribution in [0.4, 0.5) is 10.5 Å². The average Bonchev–Trinajstić information content (AvgIpc) is 3.09. The van der Waals surface area contributed by atoms with Crippen molar-refractivity contribution in [1.82, 2.24) is 10.2 Å². The van der Waals surface area contributed by atoms with Crippen LogP contribution in [0.25, 0.3) is 0 Å². The number of fused-ring (bicyclic) bond motifs is 1. The summed E-state index contributed by atoms with van der Waals surface area (Å²) in [7, 11) is 0. The van der Waals surface area contributed by atoms with Gasteiger partial charge in [0.15, 0.2) is 6.10 Å². The monoisotopic (exact) mass is 471 g/mol. The zero-order valence-electron chi connectivity index (χ0n) is 18.7. The van der Waals surface area contributed by atoms with Crippen LogP contribution in [0.5, 0.6) is 0 Å². The number of amides is 5. The summed E-state index contributed by atoms with van der Waals surface area (Å²) in [5, 5.41) is 4.61. The maximum absolute atomic E-state index is 12.6. The van der Waals surface area contributed by atoms with Crippen molar-refractivity contribution in [2.75, 3.05) is 5.32 Å². The Kier molecular flexibility index (Phi) is 6.68. The summed E-state index contributed by atoms with van der Waals surface area (Å²) < 4.78 is 5.19. The van der Waals surface area contributed by atoms with Crippen LogP contribution in [0.1, 0.15) is 43.6 Å². The third-order valence-corrected chi connectivity index (χ3v) is 5.30. The third kappa shape index (κ3) is 5.25. The molecule has 0 aliphatic carbocycles. The number of anilines is 1. The number of ether oxygens (including phenoxy) is 1. The fourth-order valence-corrected chi connectivity index (χ4v) is 3.54. The van der Waals surface area contributed by atoms with Crippen molar-refractivity contribution >= 4 is 35.4 Å². The molecule has 3 aromatic rings. The Hall–Kier alpha value is -4.79. The number of carbonyl (C=O) groups is 5. The highest BCUT2D eigenvalue weighted by atomic mass is 16.5. The Labute approximate surface area is 200 Å². The first kappa shape index (κ1) is 23.4. The van der Waals surface area contributed by atoms with Crippen LogP contribution in [0, 0.1) is 0 Å². The van der Waals surface area contributed by atoms with Crippen LogP contribution in [0.3, 0.4) is 0 Å². The van der Waals surface area contributed by atoms with Gasteiger partial charge >= 0.3 is 12.0 Å². The second-order valence-corrected chi connectivity index (χ2v) is 7.80. The molecular weight excluding hydrogens is 450 g/mol. The predicted octanol–water partition coefficient (Wildman–Crippen LogP) is 3.38. The Morgan fingerprint density at radius 2 is 1.49 bits per heavy atom. The number of para-hydroxylation sites is 1. The van der Waals surface area contributed by atoms with Crippen molar-refractivity contribution in [3.05, 3.63) is 101 Å². The van der Waals surface area contributed by atoms with Gasteiger partial charge in [0.05, 0.1) is 23.2 Å². The number of nitrogens with zero attached hydrogens (tertiary/aromatic N) is 1. The van der Waals surface area contributed by atoms with Gasteiger partial charge in [-0.15, -0.1) is 0 Å². The van der Waals surface area contributed by atoms with E-state index in [-0.39, 0.29) is 12.1 Å². The van der Waals surface area contributed by atoms with E-state index in [1.165, 1.54) is 19.1 Å². The summed E-state index contributed by atoms with van der Waals surface area (Å²) >= 11 is 0. The highest BCUT2D eigenvalue weighted by molar-refractivity contribution is 6.21. The Bertz CT molecular complexity index is 1290. The lowest BCUT2D eigenvalue weighted by Gasteiger charge is -2.15. The molecule has 0 aromatic heterocycles. The molecule has 0 bridgehead atoms. The van der Waals surface area contributed by atoms with Crippen molar-refractivity contribution in [3.63, 3.8) is 0 Å². The van der Waals surface area contributed by atoms with Crippen LogP contribution < -0.4 is 10.6 Å². The lowest BCUT2D eigenvalue weighted by molar-refractivity contribution is -0.127. The summed E-state index contributed by atoms with van der Waals surface area (Å²) in [4.78, 5) is 63.1. The number of esters is 1. The second kappa shape index (κ2) is 10.0. The molecule has 0 saturated heterocycles. The van der Waals surface area contributed by atoms with Gasteiger partial charge in [-0.1, -0.05) is 42.5 Å². The van der Waals surface area contributed by atoms with Crippen molar-refractivity contribution in [2.24, 2.45) is 0 Å². The quantitative estimate of drug-likeness (QED) is 0.420. The SMILES string of the molecule is CC(OC(=O)c1cccc(CN2C(=O)c3ccccc3C2=O)c1)C(=O)NC(=O)Nc1ccccc1. The fraction of sp³-hybridized carbons (Fsp3) is 0.115. The minimum atomic E-state index is -1.25. The van der Waals surface area contributed by atoms with E-state index in [1.807, 2.05) is 0 Å². The van der Waals surface area contributed by atoms with E-state index in [9.17, 15) is 24.0 Å². The number of nitrogens with one attached hydrogen (secondary N) is 2. The van der Waals surface area contributed by atoms with Crippen molar-refractivity contribution in [1.29, 1.82) is 0 Å². The molecule has 1 aliphatic heterocycles. The topological polar surface area (TPSA) is 122 Å². The molecule has 9 nitrogen and oxygen atoms in total. The van der Waals surface area contributed by atoms with Gasteiger partial charge in [0.2, 0.25) is 0 Å². The smallest absolute Gasteiger partial charge is 0.338 e. The molecule has 0 spiro atoms. The first-order valence-corrected chi connectivity index (χ1v) is 10.8. The highest BCUT2D eigenvalue weighted by Gasteiger charge is 2.35. The van der Waals surface area contributed by atoms with E-state index in [0.29, 0.717) is 22.4 Å². The van der Waals surface area contributed by atoms with Crippen LogP contribution in [0.2, 0.25) is 0 Å². The normalized spacial score (nSPS) is 13.1. The number of benzene rings is 3. The predicted molar refractivity (Wildman–Crippen MR) is 126 cm³/mol.